The van der Waals surface area contributed by atoms with Crippen molar-refractivity contribution in [2.75, 3.05) is 18.8 Å². The average Bonchev–Trinajstić information content (AvgIpc) is 2.68. The van der Waals surface area contributed by atoms with Crippen LogP contribution in [0.3, 0.4) is 0 Å². The molecular formula is C15H23FN2O2S. The summed E-state index contributed by atoms with van der Waals surface area (Å²) in [6.45, 7) is 3.12. The van der Waals surface area contributed by atoms with Crippen LogP contribution in [0, 0.1) is 11.7 Å². The number of halogens is 1. The summed E-state index contributed by atoms with van der Waals surface area (Å²) >= 11 is 0. The predicted molar refractivity (Wildman–Crippen MR) is 81.8 cm³/mol. The standard InChI is InChI=1S/C15H23FN2O2S/c1-2-4-12-5-3-9-18(10-8-12)21(19,20)15-11-13(16)6-7-14(15)17/h6-7,11-12H,2-5,8-10,17H2,1H3. The van der Waals surface area contributed by atoms with Crippen LogP contribution in [-0.2, 0) is 10.0 Å². The highest BCUT2D eigenvalue weighted by atomic mass is 32.2. The van der Waals surface area contributed by atoms with Gasteiger partial charge in [-0.05, 0) is 43.4 Å². The Bertz CT molecular complexity index is 589. The fourth-order valence-electron chi connectivity index (χ4n) is 2.95. The number of benzene rings is 1. The van der Waals surface area contributed by atoms with Crippen LogP contribution in [0.25, 0.3) is 0 Å². The van der Waals surface area contributed by atoms with E-state index in [1.807, 2.05) is 0 Å². The van der Waals surface area contributed by atoms with Crippen molar-refractivity contribution >= 4 is 15.7 Å². The number of sulfonamides is 1. The molecule has 1 fully saturated rings. The van der Waals surface area contributed by atoms with Crippen molar-refractivity contribution in [1.29, 1.82) is 0 Å². The van der Waals surface area contributed by atoms with E-state index in [2.05, 4.69) is 6.92 Å². The molecule has 0 saturated carbocycles. The zero-order chi connectivity index (χ0) is 15.5. The van der Waals surface area contributed by atoms with E-state index in [4.69, 9.17) is 5.73 Å². The molecule has 0 amide bonds. The Hall–Kier alpha value is -1.14. The number of anilines is 1. The lowest BCUT2D eigenvalue weighted by Gasteiger charge is -2.21. The van der Waals surface area contributed by atoms with Crippen molar-refractivity contribution in [1.82, 2.24) is 4.31 Å². The van der Waals surface area contributed by atoms with Crippen LogP contribution in [-0.4, -0.2) is 25.8 Å². The van der Waals surface area contributed by atoms with Gasteiger partial charge in [-0.25, -0.2) is 12.8 Å². The van der Waals surface area contributed by atoms with Gasteiger partial charge in [-0.3, -0.25) is 0 Å². The predicted octanol–water partition coefficient (Wildman–Crippen LogP) is 3.00. The Labute approximate surface area is 126 Å². The van der Waals surface area contributed by atoms with E-state index in [1.165, 1.54) is 16.4 Å². The maximum absolute atomic E-state index is 13.3. The number of hydrogen-bond donors (Lipinski definition) is 1. The van der Waals surface area contributed by atoms with Crippen molar-refractivity contribution in [3.05, 3.63) is 24.0 Å². The van der Waals surface area contributed by atoms with E-state index in [0.717, 1.165) is 38.2 Å². The van der Waals surface area contributed by atoms with Gasteiger partial charge < -0.3 is 5.73 Å². The normalized spacial score (nSPS) is 21.1. The fraction of sp³-hybridized carbons (Fsp3) is 0.600. The second-order valence-corrected chi connectivity index (χ2v) is 7.58. The van der Waals surface area contributed by atoms with Crippen molar-refractivity contribution in [3.8, 4) is 0 Å². The maximum atomic E-state index is 13.3. The van der Waals surface area contributed by atoms with Crippen molar-refractivity contribution in [2.24, 2.45) is 5.92 Å². The summed E-state index contributed by atoms with van der Waals surface area (Å²) < 4.78 is 40.1. The van der Waals surface area contributed by atoms with Gasteiger partial charge in [-0.2, -0.15) is 4.31 Å². The minimum Gasteiger partial charge on any atom is -0.398 e. The van der Waals surface area contributed by atoms with Gasteiger partial charge in [0, 0.05) is 13.1 Å². The third-order valence-electron chi connectivity index (χ3n) is 4.10. The van der Waals surface area contributed by atoms with E-state index in [-0.39, 0.29) is 10.6 Å². The molecule has 1 heterocycles. The highest BCUT2D eigenvalue weighted by molar-refractivity contribution is 7.89. The Kier molecular flexibility index (Phi) is 5.22. The maximum Gasteiger partial charge on any atom is 0.245 e. The first-order valence-electron chi connectivity index (χ1n) is 7.50. The van der Waals surface area contributed by atoms with Crippen LogP contribution in [0.15, 0.2) is 23.1 Å². The zero-order valence-electron chi connectivity index (χ0n) is 12.4. The number of nitrogen functional groups attached to an aromatic ring is 1. The largest absolute Gasteiger partial charge is 0.398 e. The molecule has 1 aliphatic heterocycles. The molecule has 0 bridgehead atoms. The van der Waals surface area contributed by atoms with Crippen LogP contribution in [0.1, 0.15) is 39.0 Å². The van der Waals surface area contributed by atoms with Crippen LogP contribution in [0.2, 0.25) is 0 Å². The van der Waals surface area contributed by atoms with Crippen molar-refractivity contribution < 1.29 is 12.8 Å². The Morgan fingerprint density at radius 2 is 2.10 bits per heavy atom. The van der Waals surface area contributed by atoms with E-state index in [0.29, 0.717) is 19.0 Å². The molecule has 0 aliphatic carbocycles. The molecular weight excluding hydrogens is 291 g/mol. The van der Waals surface area contributed by atoms with Gasteiger partial charge in [0.2, 0.25) is 10.0 Å². The van der Waals surface area contributed by atoms with Gasteiger partial charge in [0.15, 0.2) is 0 Å². The lowest BCUT2D eigenvalue weighted by molar-refractivity contribution is 0.400. The quantitative estimate of drug-likeness (QED) is 0.869. The highest BCUT2D eigenvalue weighted by Gasteiger charge is 2.29. The van der Waals surface area contributed by atoms with Crippen molar-refractivity contribution in [2.45, 2.75) is 43.9 Å². The van der Waals surface area contributed by atoms with Crippen LogP contribution in [0.4, 0.5) is 10.1 Å². The molecule has 0 aromatic heterocycles. The van der Waals surface area contributed by atoms with Gasteiger partial charge in [0.1, 0.15) is 10.7 Å². The highest BCUT2D eigenvalue weighted by Crippen LogP contribution is 2.28. The summed E-state index contributed by atoms with van der Waals surface area (Å²) in [6.07, 6.45) is 5.02. The Morgan fingerprint density at radius 1 is 1.33 bits per heavy atom. The van der Waals surface area contributed by atoms with Crippen molar-refractivity contribution in [3.63, 3.8) is 0 Å². The number of rotatable bonds is 4. The molecule has 1 aromatic carbocycles. The number of nitrogens with zero attached hydrogens (tertiary/aromatic N) is 1. The second kappa shape index (κ2) is 6.75. The van der Waals surface area contributed by atoms with E-state index < -0.39 is 15.8 Å². The monoisotopic (exact) mass is 314 g/mol. The third-order valence-corrected chi connectivity index (χ3v) is 6.05. The summed E-state index contributed by atoms with van der Waals surface area (Å²) in [5.41, 5.74) is 5.83. The molecule has 2 N–H and O–H groups in total. The van der Waals surface area contributed by atoms with Gasteiger partial charge in [0.25, 0.3) is 0 Å². The molecule has 1 atom stereocenters. The molecule has 1 aliphatic rings. The Morgan fingerprint density at radius 3 is 2.81 bits per heavy atom. The first-order chi connectivity index (χ1) is 9.95. The van der Waals surface area contributed by atoms with Crippen LogP contribution in [0.5, 0.6) is 0 Å². The molecule has 118 valence electrons. The van der Waals surface area contributed by atoms with E-state index in [1.54, 1.807) is 0 Å². The average molecular weight is 314 g/mol. The van der Waals surface area contributed by atoms with Crippen LogP contribution >= 0.6 is 0 Å². The fourth-order valence-corrected chi connectivity index (χ4v) is 4.57. The molecule has 1 unspecified atom stereocenters. The second-order valence-electron chi connectivity index (χ2n) is 5.67. The van der Waals surface area contributed by atoms with E-state index in [9.17, 15) is 12.8 Å². The summed E-state index contributed by atoms with van der Waals surface area (Å²) in [6, 6.07) is 3.49. The minimum absolute atomic E-state index is 0.103. The summed E-state index contributed by atoms with van der Waals surface area (Å²) in [7, 11) is -3.71. The molecule has 0 spiro atoms. The van der Waals surface area contributed by atoms with Gasteiger partial charge >= 0.3 is 0 Å². The lowest BCUT2D eigenvalue weighted by Crippen LogP contribution is -2.32. The number of hydrogen-bond acceptors (Lipinski definition) is 3. The summed E-state index contributed by atoms with van der Waals surface area (Å²) in [5.74, 6) is 0.00140. The molecule has 21 heavy (non-hydrogen) atoms. The molecule has 0 radical (unpaired) electrons. The molecule has 1 aromatic rings. The summed E-state index contributed by atoms with van der Waals surface area (Å²) in [5, 5.41) is 0. The van der Waals surface area contributed by atoms with E-state index >= 15 is 0 Å². The van der Waals surface area contributed by atoms with Crippen LogP contribution < -0.4 is 5.73 Å². The molecule has 6 heteroatoms. The molecule has 2 rings (SSSR count). The lowest BCUT2D eigenvalue weighted by atomic mass is 9.96. The third kappa shape index (κ3) is 3.74. The zero-order valence-corrected chi connectivity index (χ0v) is 13.2. The topological polar surface area (TPSA) is 63.4 Å². The molecule has 4 nitrogen and oxygen atoms in total. The smallest absolute Gasteiger partial charge is 0.245 e. The Balaban J connectivity index is 2.21. The summed E-state index contributed by atoms with van der Waals surface area (Å²) in [4.78, 5) is -0.114. The van der Waals surface area contributed by atoms with Gasteiger partial charge in [0.05, 0.1) is 5.69 Å². The first kappa shape index (κ1) is 16.2. The number of nitrogens with two attached hydrogens (primary N) is 1. The van der Waals surface area contributed by atoms with Gasteiger partial charge in [-0.1, -0.05) is 19.8 Å². The minimum atomic E-state index is -3.71. The van der Waals surface area contributed by atoms with Gasteiger partial charge in [-0.15, -0.1) is 0 Å². The SMILES string of the molecule is CCCC1CCCN(S(=O)(=O)c2cc(F)ccc2N)CC1. The first-order valence-corrected chi connectivity index (χ1v) is 8.94. The molecule has 1 saturated heterocycles.